The van der Waals surface area contributed by atoms with E-state index in [1.807, 2.05) is 38.1 Å². The first-order chi connectivity index (χ1) is 9.79. The first kappa shape index (κ1) is 15.0. The number of amides is 2. The first-order valence-electron chi connectivity index (χ1n) is 6.68. The Hall–Kier alpha value is -2.37. The molecule has 0 aliphatic carbocycles. The Morgan fingerprint density at radius 1 is 1.24 bits per heavy atom. The molecule has 112 valence electrons. The van der Waals surface area contributed by atoms with Crippen LogP contribution < -0.4 is 10.2 Å². The lowest BCUT2D eigenvalue weighted by Crippen LogP contribution is -2.52. The Bertz CT molecular complexity index is 579. The molecular formula is C15H18N2O4. The number of carboxylic acid groups (broad SMARTS) is 1. The largest absolute Gasteiger partial charge is 0.481 e. The van der Waals surface area contributed by atoms with E-state index in [4.69, 9.17) is 5.11 Å². The molecule has 0 aromatic heterocycles. The molecule has 0 spiro atoms. The molecule has 1 aliphatic heterocycles. The van der Waals surface area contributed by atoms with Crippen molar-refractivity contribution < 1.29 is 19.5 Å². The molecule has 1 heterocycles. The Morgan fingerprint density at radius 3 is 2.38 bits per heavy atom. The van der Waals surface area contributed by atoms with Gasteiger partial charge in [-0.05, 0) is 11.6 Å². The van der Waals surface area contributed by atoms with Gasteiger partial charge in [0.25, 0.3) is 0 Å². The van der Waals surface area contributed by atoms with E-state index in [1.165, 1.54) is 0 Å². The van der Waals surface area contributed by atoms with Crippen molar-refractivity contribution in [3.05, 3.63) is 29.8 Å². The summed E-state index contributed by atoms with van der Waals surface area (Å²) < 4.78 is 0. The normalized spacial score (nSPS) is 15.8. The van der Waals surface area contributed by atoms with Crippen LogP contribution >= 0.6 is 0 Å². The number of nitrogens with one attached hydrogen (secondary N) is 1. The van der Waals surface area contributed by atoms with Crippen LogP contribution in [0.1, 0.15) is 25.8 Å². The number of carboxylic acids is 1. The highest BCUT2D eigenvalue weighted by atomic mass is 16.4. The summed E-state index contributed by atoms with van der Waals surface area (Å²) in [4.78, 5) is 35.8. The van der Waals surface area contributed by atoms with Crippen molar-refractivity contribution in [2.45, 2.75) is 25.7 Å². The molecule has 0 unspecified atom stereocenters. The van der Waals surface area contributed by atoms with Crippen LogP contribution in [-0.2, 0) is 19.8 Å². The summed E-state index contributed by atoms with van der Waals surface area (Å²) in [5.41, 5.74) is 0.946. The molecule has 1 aliphatic rings. The molecule has 1 fully saturated rings. The molecule has 0 saturated carbocycles. The number of anilines is 1. The van der Waals surface area contributed by atoms with Crippen LogP contribution in [0.4, 0.5) is 5.69 Å². The highest BCUT2D eigenvalue weighted by molar-refractivity contribution is 6.02. The van der Waals surface area contributed by atoms with Gasteiger partial charge in [-0.1, -0.05) is 32.0 Å². The maximum Gasteiger partial charge on any atom is 0.304 e. The zero-order chi connectivity index (χ0) is 15.6. The Labute approximate surface area is 122 Å². The first-order valence-corrected chi connectivity index (χ1v) is 6.68. The van der Waals surface area contributed by atoms with E-state index in [1.54, 1.807) is 4.90 Å². The summed E-state index contributed by atoms with van der Waals surface area (Å²) in [6.07, 6.45) is -0.0298. The Morgan fingerprint density at radius 2 is 1.81 bits per heavy atom. The standard InChI is InChI=1S/C15H18N2O4/c1-15(2,7-14(20)21)10-5-3-4-6-11(10)17-8-12(18)16-13(19)9-17/h3-6H,7-9H2,1-2H3,(H,20,21)(H,16,18,19). The number of piperazine rings is 1. The fourth-order valence-corrected chi connectivity index (χ4v) is 2.60. The number of para-hydroxylation sites is 1. The summed E-state index contributed by atoms with van der Waals surface area (Å²) in [6.45, 7) is 3.86. The Kier molecular flexibility index (Phi) is 3.97. The predicted molar refractivity (Wildman–Crippen MR) is 77.1 cm³/mol. The van der Waals surface area contributed by atoms with Crippen molar-refractivity contribution in [1.29, 1.82) is 0 Å². The molecule has 0 atom stereocenters. The number of nitrogens with zero attached hydrogens (tertiary/aromatic N) is 1. The van der Waals surface area contributed by atoms with E-state index in [2.05, 4.69) is 5.32 Å². The summed E-state index contributed by atoms with van der Waals surface area (Å²) in [5, 5.41) is 11.3. The van der Waals surface area contributed by atoms with Crippen LogP contribution in [0, 0.1) is 0 Å². The lowest BCUT2D eigenvalue weighted by molar-refractivity contribution is -0.138. The number of benzene rings is 1. The third-order valence-corrected chi connectivity index (χ3v) is 3.51. The number of carbonyl (C=O) groups excluding carboxylic acids is 2. The van der Waals surface area contributed by atoms with Crippen molar-refractivity contribution >= 4 is 23.5 Å². The van der Waals surface area contributed by atoms with Gasteiger partial charge >= 0.3 is 5.97 Å². The average molecular weight is 290 g/mol. The molecule has 1 saturated heterocycles. The summed E-state index contributed by atoms with van der Waals surface area (Å²) >= 11 is 0. The SMILES string of the molecule is CC(C)(CC(=O)O)c1ccccc1N1CC(=O)NC(=O)C1. The molecule has 2 N–H and O–H groups in total. The molecular weight excluding hydrogens is 272 g/mol. The van der Waals surface area contributed by atoms with Crippen LogP contribution in [0.15, 0.2) is 24.3 Å². The van der Waals surface area contributed by atoms with E-state index in [0.717, 1.165) is 11.3 Å². The quantitative estimate of drug-likeness (QED) is 0.805. The zero-order valence-electron chi connectivity index (χ0n) is 12.0. The number of aliphatic carboxylic acids is 1. The number of carbonyl (C=O) groups is 3. The Balaban J connectivity index is 2.39. The molecule has 1 aromatic carbocycles. The van der Waals surface area contributed by atoms with Gasteiger partial charge in [-0.25, -0.2) is 0 Å². The monoisotopic (exact) mass is 290 g/mol. The van der Waals surface area contributed by atoms with Gasteiger partial charge < -0.3 is 10.0 Å². The number of rotatable bonds is 4. The minimum atomic E-state index is -0.887. The number of hydrogen-bond acceptors (Lipinski definition) is 4. The highest BCUT2D eigenvalue weighted by Gasteiger charge is 2.30. The van der Waals surface area contributed by atoms with Gasteiger partial charge in [0.2, 0.25) is 11.8 Å². The van der Waals surface area contributed by atoms with E-state index in [0.29, 0.717) is 0 Å². The van der Waals surface area contributed by atoms with Gasteiger partial charge in [0.1, 0.15) is 0 Å². The number of imide groups is 1. The summed E-state index contributed by atoms with van der Waals surface area (Å²) in [6, 6.07) is 7.29. The van der Waals surface area contributed by atoms with Gasteiger partial charge in [-0.15, -0.1) is 0 Å². The van der Waals surface area contributed by atoms with Gasteiger partial charge in [0.15, 0.2) is 0 Å². The summed E-state index contributed by atoms with van der Waals surface area (Å²) in [7, 11) is 0. The third kappa shape index (κ3) is 3.39. The van der Waals surface area contributed by atoms with Crippen molar-refractivity contribution in [3.63, 3.8) is 0 Å². The second-order valence-electron chi connectivity index (χ2n) is 5.80. The summed E-state index contributed by atoms with van der Waals surface area (Å²) in [5.74, 6) is -1.59. The minimum Gasteiger partial charge on any atom is -0.481 e. The fraction of sp³-hybridized carbons (Fsp3) is 0.400. The van der Waals surface area contributed by atoms with Gasteiger partial charge in [-0.3, -0.25) is 19.7 Å². The molecule has 2 amide bonds. The molecule has 6 nitrogen and oxygen atoms in total. The minimum absolute atomic E-state index is 0.0298. The highest BCUT2D eigenvalue weighted by Crippen LogP contribution is 2.35. The van der Waals surface area contributed by atoms with Crippen LogP contribution in [0.5, 0.6) is 0 Å². The van der Waals surface area contributed by atoms with Crippen molar-refractivity contribution in [2.75, 3.05) is 18.0 Å². The van der Waals surface area contributed by atoms with E-state index in [-0.39, 0.29) is 31.3 Å². The fourth-order valence-electron chi connectivity index (χ4n) is 2.60. The van der Waals surface area contributed by atoms with Gasteiger partial charge in [0, 0.05) is 11.1 Å². The van der Waals surface area contributed by atoms with Crippen molar-refractivity contribution in [1.82, 2.24) is 5.32 Å². The lowest BCUT2D eigenvalue weighted by Gasteiger charge is -2.33. The molecule has 0 bridgehead atoms. The second-order valence-corrected chi connectivity index (χ2v) is 5.80. The second kappa shape index (κ2) is 5.55. The third-order valence-electron chi connectivity index (χ3n) is 3.51. The van der Waals surface area contributed by atoms with Crippen LogP contribution in [-0.4, -0.2) is 36.0 Å². The van der Waals surface area contributed by atoms with Crippen LogP contribution in [0.2, 0.25) is 0 Å². The topological polar surface area (TPSA) is 86.7 Å². The van der Waals surface area contributed by atoms with Crippen LogP contribution in [0.3, 0.4) is 0 Å². The molecule has 1 aromatic rings. The van der Waals surface area contributed by atoms with Crippen molar-refractivity contribution in [3.8, 4) is 0 Å². The molecule has 21 heavy (non-hydrogen) atoms. The molecule has 0 radical (unpaired) electrons. The smallest absolute Gasteiger partial charge is 0.304 e. The predicted octanol–water partition coefficient (Wildman–Crippen LogP) is 0.902. The lowest BCUT2D eigenvalue weighted by atomic mass is 9.80. The van der Waals surface area contributed by atoms with Gasteiger partial charge in [0.05, 0.1) is 19.5 Å². The van der Waals surface area contributed by atoms with Crippen LogP contribution in [0.25, 0.3) is 0 Å². The van der Waals surface area contributed by atoms with E-state index in [9.17, 15) is 14.4 Å². The number of hydrogen-bond donors (Lipinski definition) is 2. The average Bonchev–Trinajstić information content (AvgIpc) is 2.36. The zero-order valence-corrected chi connectivity index (χ0v) is 12.0. The van der Waals surface area contributed by atoms with Gasteiger partial charge in [-0.2, -0.15) is 0 Å². The van der Waals surface area contributed by atoms with E-state index >= 15 is 0 Å². The van der Waals surface area contributed by atoms with E-state index < -0.39 is 11.4 Å². The van der Waals surface area contributed by atoms with Crippen molar-refractivity contribution in [2.24, 2.45) is 0 Å². The molecule has 2 rings (SSSR count). The maximum absolute atomic E-state index is 11.5. The maximum atomic E-state index is 11.5. The molecule has 6 heteroatoms.